The Hall–Kier alpha value is -2.21. The topological polar surface area (TPSA) is 94.0 Å². The van der Waals surface area contributed by atoms with E-state index in [0.29, 0.717) is 12.4 Å². The van der Waals surface area contributed by atoms with Crippen molar-refractivity contribution in [1.29, 1.82) is 0 Å². The van der Waals surface area contributed by atoms with Crippen LogP contribution >= 0.6 is 0 Å². The number of aromatic nitrogens is 2. The van der Waals surface area contributed by atoms with Crippen molar-refractivity contribution >= 4 is 5.91 Å². The number of nitrogens with zero attached hydrogens (tertiary/aromatic N) is 2. The van der Waals surface area contributed by atoms with Gasteiger partial charge in [0, 0.05) is 19.2 Å². The van der Waals surface area contributed by atoms with Gasteiger partial charge < -0.3 is 15.6 Å². The summed E-state index contributed by atoms with van der Waals surface area (Å²) in [5.41, 5.74) is 7.25. The molecule has 0 unspecified atom stereocenters. The first kappa shape index (κ1) is 11.3. The number of amides is 1. The van der Waals surface area contributed by atoms with E-state index < -0.39 is 0 Å². The van der Waals surface area contributed by atoms with Crippen LogP contribution in [0.3, 0.4) is 0 Å². The first-order chi connectivity index (χ1) is 8.24. The normalized spacial score (nSPS) is 10.2. The molecule has 0 spiro atoms. The molecule has 17 heavy (non-hydrogen) atoms. The zero-order valence-corrected chi connectivity index (χ0v) is 9.30. The molecule has 0 saturated carbocycles. The number of nitrogens with one attached hydrogen (secondary N) is 1. The van der Waals surface area contributed by atoms with E-state index in [1.165, 1.54) is 7.05 Å². The molecule has 0 radical (unpaired) electrons. The summed E-state index contributed by atoms with van der Waals surface area (Å²) in [5, 5.41) is 6.01. The summed E-state index contributed by atoms with van der Waals surface area (Å²) in [7, 11) is 1.51. The Morgan fingerprint density at radius 3 is 3.06 bits per heavy atom. The maximum Gasteiger partial charge on any atom is 0.292 e. The van der Waals surface area contributed by atoms with Crippen LogP contribution in [0.1, 0.15) is 16.2 Å². The molecule has 6 nitrogen and oxygen atoms in total. The lowest BCUT2D eigenvalue weighted by atomic mass is 10.1. The number of rotatable bonds is 3. The van der Waals surface area contributed by atoms with Gasteiger partial charge in [0.15, 0.2) is 0 Å². The second-order valence-electron chi connectivity index (χ2n) is 3.41. The predicted molar refractivity (Wildman–Crippen MR) is 61.0 cm³/mol. The van der Waals surface area contributed by atoms with Crippen molar-refractivity contribution in [2.24, 2.45) is 5.73 Å². The van der Waals surface area contributed by atoms with E-state index in [1.54, 1.807) is 0 Å². The van der Waals surface area contributed by atoms with E-state index in [0.717, 1.165) is 11.1 Å². The van der Waals surface area contributed by atoms with Crippen LogP contribution in [0.2, 0.25) is 0 Å². The van der Waals surface area contributed by atoms with E-state index >= 15 is 0 Å². The molecule has 0 atom stereocenters. The Labute approximate surface area is 97.8 Å². The summed E-state index contributed by atoms with van der Waals surface area (Å²) in [5.74, 6) is -0.0606. The summed E-state index contributed by atoms with van der Waals surface area (Å²) >= 11 is 0. The largest absolute Gasteiger partial charge is 0.352 e. The Balaban J connectivity index is 2.33. The van der Waals surface area contributed by atoms with Crippen LogP contribution in [-0.4, -0.2) is 23.1 Å². The Bertz CT molecular complexity index is 536. The number of nitrogens with two attached hydrogens (primary N) is 1. The van der Waals surface area contributed by atoms with Crippen LogP contribution in [0.5, 0.6) is 0 Å². The molecule has 0 aliphatic rings. The average molecular weight is 232 g/mol. The molecule has 1 aromatic heterocycles. The smallest absolute Gasteiger partial charge is 0.292 e. The van der Waals surface area contributed by atoms with E-state index in [4.69, 9.17) is 10.3 Å². The summed E-state index contributed by atoms with van der Waals surface area (Å²) in [6, 6.07) is 7.42. The van der Waals surface area contributed by atoms with Crippen molar-refractivity contribution < 1.29 is 9.32 Å². The zero-order valence-electron chi connectivity index (χ0n) is 9.30. The van der Waals surface area contributed by atoms with Crippen molar-refractivity contribution in [3.63, 3.8) is 0 Å². The molecule has 0 aliphatic heterocycles. The zero-order chi connectivity index (χ0) is 12.3. The van der Waals surface area contributed by atoms with E-state index in [9.17, 15) is 4.79 Å². The summed E-state index contributed by atoms with van der Waals surface area (Å²) in [6.07, 6.45) is 0. The molecule has 0 saturated heterocycles. The lowest BCUT2D eigenvalue weighted by Crippen LogP contribution is -2.19. The van der Waals surface area contributed by atoms with Gasteiger partial charge in [0.05, 0.1) is 0 Å². The third-order valence-corrected chi connectivity index (χ3v) is 2.27. The van der Waals surface area contributed by atoms with Gasteiger partial charge in [0.1, 0.15) is 0 Å². The minimum absolute atomic E-state index is 0.0145. The molecule has 88 valence electrons. The van der Waals surface area contributed by atoms with Gasteiger partial charge in [-0.15, -0.1) is 0 Å². The van der Waals surface area contributed by atoms with Gasteiger partial charge in [0.25, 0.3) is 17.6 Å². The highest BCUT2D eigenvalue weighted by Crippen LogP contribution is 2.18. The molecular weight excluding hydrogens is 220 g/mol. The van der Waals surface area contributed by atoms with Crippen LogP contribution in [-0.2, 0) is 6.54 Å². The molecule has 2 aromatic rings. The van der Waals surface area contributed by atoms with Gasteiger partial charge in [-0.3, -0.25) is 4.79 Å². The molecule has 1 heterocycles. The van der Waals surface area contributed by atoms with Crippen molar-refractivity contribution in [1.82, 2.24) is 15.5 Å². The SMILES string of the molecule is CNC(=O)c1noc(-c2cccc(CN)c2)n1. The summed E-state index contributed by atoms with van der Waals surface area (Å²) in [4.78, 5) is 15.3. The maximum atomic E-state index is 11.3. The third-order valence-electron chi connectivity index (χ3n) is 2.27. The molecule has 3 N–H and O–H groups in total. The fourth-order valence-corrected chi connectivity index (χ4v) is 1.38. The van der Waals surface area contributed by atoms with Gasteiger partial charge in [-0.2, -0.15) is 4.98 Å². The molecule has 0 bridgehead atoms. The first-order valence-electron chi connectivity index (χ1n) is 5.09. The third kappa shape index (κ3) is 2.31. The number of hydrogen-bond acceptors (Lipinski definition) is 5. The maximum absolute atomic E-state index is 11.3. The van der Waals surface area contributed by atoms with Crippen molar-refractivity contribution in [3.8, 4) is 11.5 Å². The predicted octanol–water partition coefficient (Wildman–Crippen LogP) is 0.555. The average Bonchev–Trinajstić information content (AvgIpc) is 2.87. The fraction of sp³-hybridized carbons (Fsp3) is 0.182. The van der Waals surface area contributed by atoms with Crippen molar-refractivity contribution in [2.75, 3.05) is 7.05 Å². The van der Waals surface area contributed by atoms with Crippen LogP contribution in [0.25, 0.3) is 11.5 Å². The second kappa shape index (κ2) is 4.75. The number of carbonyl (C=O) groups is 1. The molecular formula is C11H12N4O2. The number of carbonyl (C=O) groups excluding carboxylic acids is 1. The van der Waals surface area contributed by atoms with Crippen LogP contribution < -0.4 is 11.1 Å². The van der Waals surface area contributed by atoms with Gasteiger partial charge in [0.2, 0.25) is 0 Å². The minimum Gasteiger partial charge on any atom is -0.352 e. The molecule has 0 aliphatic carbocycles. The lowest BCUT2D eigenvalue weighted by Gasteiger charge is -1.97. The summed E-state index contributed by atoms with van der Waals surface area (Å²) < 4.78 is 5.01. The molecule has 1 amide bonds. The monoisotopic (exact) mass is 232 g/mol. The van der Waals surface area contributed by atoms with Gasteiger partial charge in [-0.05, 0) is 17.7 Å². The fourth-order valence-electron chi connectivity index (χ4n) is 1.38. The minimum atomic E-state index is -0.380. The highest BCUT2D eigenvalue weighted by atomic mass is 16.5. The Morgan fingerprint density at radius 2 is 2.35 bits per heavy atom. The summed E-state index contributed by atoms with van der Waals surface area (Å²) in [6.45, 7) is 0.435. The number of hydrogen-bond donors (Lipinski definition) is 2. The molecule has 6 heteroatoms. The van der Waals surface area contributed by atoms with E-state index in [-0.39, 0.29) is 11.7 Å². The molecule has 2 rings (SSSR count). The second-order valence-corrected chi connectivity index (χ2v) is 3.41. The van der Waals surface area contributed by atoms with Crippen molar-refractivity contribution in [3.05, 3.63) is 35.7 Å². The Morgan fingerprint density at radius 1 is 1.53 bits per heavy atom. The van der Waals surface area contributed by atoms with Crippen LogP contribution in [0.4, 0.5) is 0 Å². The van der Waals surface area contributed by atoms with Gasteiger partial charge >= 0.3 is 0 Å². The molecule has 1 aromatic carbocycles. The first-order valence-corrected chi connectivity index (χ1v) is 5.09. The van der Waals surface area contributed by atoms with Gasteiger partial charge in [-0.1, -0.05) is 17.3 Å². The standard InChI is InChI=1S/C11H12N4O2/c1-13-10(16)9-14-11(17-15-9)8-4-2-3-7(5-8)6-12/h2-5H,6,12H2,1H3,(H,13,16). The van der Waals surface area contributed by atoms with E-state index in [1.807, 2.05) is 24.3 Å². The van der Waals surface area contributed by atoms with Crippen LogP contribution in [0.15, 0.2) is 28.8 Å². The highest BCUT2D eigenvalue weighted by molar-refractivity contribution is 5.90. The quantitative estimate of drug-likeness (QED) is 0.806. The van der Waals surface area contributed by atoms with Gasteiger partial charge in [-0.25, -0.2) is 0 Å². The number of benzene rings is 1. The lowest BCUT2D eigenvalue weighted by molar-refractivity contribution is 0.0950. The van der Waals surface area contributed by atoms with Crippen molar-refractivity contribution in [2.45, 2.75) is 6.54 Å². The van der Waals surface area contributed by atoms with E-state index in [2.05, 4.69) is 15.5 Å². The van der Waals surface area contributed by atoms with Crippen LogP contribution in [0, 0.1) is 0 Å². The highest BCUT2D eigenvalue weighted by Gasteiger charge is 2.14. The molecule has 0 fully saturated rings. The Kier molecular flexibility index (Phi) is 3.15.